The van der Waals surface area contributed by atoms with Crippen molar-refractivity contribution in [1.82, 2.24) is 14.8 Å². The molecule has 5 heteroatoms. The molecule has 1 aromatic rings. The van der Waals surface area contributed by atoms with Crippen molar-refractivity contribution in [1.29, 1.82) is 0 Å². The fourth-order valence-electron chi connectivity index (χ4n) is 3.30. The van der Waals surface area contributed by atoms with E-state index in [1.54, 1.807) is 25.4 Å². The molecule has 2 atom stereocenters. The zero-order chi connectivity index (χ0) is 14.1. The summed E-state index contributed by atoms with van der Waals surface area (Å²) in [6.45, 7) is 5.37. The number of carbonyl (C=O) groups excluding carboxylic acids is 1. The standard InChI is InChI=1S/C15H21N3O2/c1-3-6-17-9-12-7-13(10-17)18(12)15(19)11-4-5-14(20-2)16-8-11/h4-5,8,12-13H,3,6-7,9-10H2,1-2H3. The highest BCUT2D eigenvalue weighted by Gasteiger charge is 2.46. The van der Waals surface area contributed by atoms with E-state index in [-0.39, 0.29) is 5.91 Å². The van der Waals surface area contributed by atoms with Gasteiger partial charge in [-0.3, -0.25) is 9.69 Å². The van der Waals surface area contributed by atoms with Gasteiger partial charge in [0.05, 0.1) is 12.7 Å². The average Bonchev–Trinajstić information content (AvgIpc) is 2.47. The van der Waals surface area contributed by atoms with Gasteiger partial charge in [0.25, 0.3) is 5.91 Å². The van der Waals surface area contributed by atoms with E-state index in [0.29, 0.717) is 23.5 Å². The number of hydrogen-bond donors (Lipinski definition) is 0. The maximum atomic E-state index is 12.5. The van der Waals surface area contributed by atoms with E-state index < -0.39 is 0 Å². The number of hydrogen-bond acceptors (Lipinski definition) is 4. The molecule has 3 saturated heterocycles. The predicted molar refractivity (Wildman–Crippen MR) is 75.9 cm³/mol. The number of fused-ring (bicyclic) bond motifs is 2. The molecule has 3 fully saturated rings. The van der Waals surface area contributed by atoms with Gasteiger partial charge in [0.2, 0.25) is 5.88 Å². The summed E-state index contributed by atoms with van der Waals surface area (Å²) in [7, 11) is 1.58. The molecule has 4 rings (SSSR count). The third-order valence-electron chi connectivity index (χ3n) is 4.24. The van der Waals surface area contributed by atoms with Crippen molar-refractivity contribution in [3.8, 4) is 5.88 Å². The molecule has 20 heavy (non-hydrogen) atoms. The summed E-state index contributed by atoms with van der Waals surface area (Å²) in [6.07, 6.45) is 3.93. The molecule has 0 aromatic carbocycles. The van der Waals surface area contributed by atoms with Crippen molar-refractivity contribution in [3.63, 3.8) is 0 Å². The van der Waals surface area contributed by atoms with Gasteiger partial charge < -0.3 is 9.64 Å². The Labute approximate surface area is 119 Å². The second-order valence-electron chi connectivity index (χ2n) is 5.60. The van der Waals surface area contributed by atoms with E-state index in [9.17, 15) is 4.79 Å². The van der Waals surface area contributed by atoms with Crippen LogP contribution < -0.4 is 4.74 Å². The number of piperidine rings is 1. The minimum atomic E-state index is 0.109. The Morgan fingerprint density at radius 2 is 2.15 bits per heavy atom. The summed E-state index contributed by atoms with van der Waals surface area (Å²) in [5, 5.41) is 0. The second-order valence-corrected chi connectivity index (χ2v) is 5.60. The van der Waals surface area contributed by atoms with E-state index in [1.807, 2.05) is 4.90 Å². The normalized spacial score (nSPS) is 25.2. The molecule has 2 unspecified atom stereocenters. The number of pyridine rings is 1. The molecule has 0 spiro atoms. The van der Waals surface area contributed by atoms with Crippen LogP contribution in [0.25, 0.3) is 0 Å². The van der Waals surface area contributed by atoms with Crippen LogP contribution in [-0.2, 0) is 0 Å². The molecule has 2 bridgehead atoms. The van der Waals surface area contributed by atoms with Crippen molar-refractivity contribution in [2.45, 2.75) is 31.8 Å². The van der Waals surface area contributed by atoms with Crippen molar-refractivity contribution in [2.24, 2.45) is 0 Å². The lowest BCUT2D eigenvalue weighted by molar-refractivity contribution is -0.0473. The predicted octanol–water partition coefficient (Wildman–Crippen LogP) is 1.40. The average molecular weight is 275 g/mol. The van der Waals surface area contributed by atoms with Gasteiger partial charge in [-0.05, 0) is 25.5 Å². The first kappa shape index (κ1) is 13.4. The Balaban J connectivity index is 1.67. The number of amides is 1. The molecule has 3 aliphatic heterocycles. The topological polar surface area (TPSA) is 45.7 Å². The van der Waals surface area contributed by atoms with Gasteiger partial charge in [0.1, 0.15) is 0 Å². The molecule has 4 heterocycles. The lowest BCUT2D eigenvalue weighted by Crippen LogP contribution is -2.70. The number of aromatic nitrogens is 1. The highest BCUT2D eigenvalue weighted by Crippen LogP contribution is 2.33. The summed E-state index contributed by atoms with van der Waals surface area (Å²) in [5.74, 6) is 0.650. The van der Waals surface area contributed by atoms with Gasteiger partial charge in [-0.25, -0.2) is 4.98 Å². The van der Waals surface area contributed by atoms with Crippen LogP contribution in [0.4, 0.5) is 0 Å². The van der Waals surface area contributed by atoms with Crippen LogP contribution in [0.5, 0.6) is 5.88 Å². The van der Waals surface area contributed by atoms with Crippen LogP contribution >= 0.6 is 0 Å². The lowest BCUT2D eigenvalue weighted by Gasteiger charge is -2.56. The maximum Gasteiger partial charge on any atom is 0.256 e. The maximum absolute atomic E-state index is 12.5. The minimum absolute atomic E-state index is 0.109. The number of carbonyl (C=O) groups is 1. The zero-order valence-electron chi connectivity index (χ0n) is 12.1. The highest BCUT2D eigenvalue weighted by molar-refractivity contribution is 5.95. The number of ether oxygens (including phenoxy) is 1. The lowest BCUT2D eigenvalue weighted by atomic mass is 9.86. The molecule has 0 N–H and O–H groups in total. The quantitative estimate of drug-likeness (QED) is 0.833. The molecule has 5 nitrogen and oxygen atoms in total. The van der Waals surface area contributed by atoms with Gasteiger partial charge in [-0.15, -0.1) is 0 Å². The van der Waals surface area contributed by atoms with E-state index in [1.165, 1.54) is 6.42 Å². The molecule has 1 aromatic heterocycles. The van der Waals surface area contributed by atoms with Crippen molar-refractivity contribution in [3.05, 3.63) is 23.9 Å². The molecule has 0 aliphatic carbocycles. The summed E-state index contributed by atoms with van der Waals surface area (Å²) >= 11 is 0. The Morgan fingerprint density at radius 3 is 2.70 bits per heavy atom. The van der Waals surface area contributed by atoms with E-state index in [0.717, 1.165) is 26.1 Å². The van der Waals surface area contributed by atoms with Crippen LogP contribution in [0.15, 0.2) is 18.3 Å². The van der Waals surface area contributed by atoms with E-state index in [2.05, 4.69) is 16.8 Å². The third kappa shape index (κ3) is 2.26. The first-order valence-corrected chi connectivity index (χ1v) is 7.28. The van der Waals surface area contributed by atoms with Gasteiger partial charge in [0.15, 0.2) is 0 Å². The number of rotatable bonds is 4. The SMILES string of the molecule is CCCN1CC2CC(C1)N2C(=O)c1ccc(OC)nc1. The minimum Gasteiger partial charge on any atom is -0.481 e. The summed E-state index contributed by atoms with van der Waals surface area (Å²) in [6, 6.07) is 4.31. The van der Waals surface area contributed by atoms with E-state index in [4.69, 9.17) is 4.74 Å². The van der Waals surface area contributed by atoms with Gasteiger partial charge in [-0.1, -0.05) is 6.92 Å². The molecule has 3 aliphatic rings. The molecular weight excluding hydrogens is 254 g/mol. The Bertz CT molecular complexity index is 476. The Morgan fingerprint density at radius 1 is 1.40 bits per heavy atom. The van der Waals surface area contributed by atoms with Gasteiger partial charge in [0, 0.05) is 37.4 Å². The van der Waals surface area contributed by atoms with Crippen LogP contribution in [0, 0.1) is 0 Å². The van der Waals surface area contributed by atoms with Crippen LogP contribution in [-0.4, -0.2) is 59.5 Å². The Kier molecular flexibility index (Phi) is 3.61. The van der Waals surface area contributed by atoms with Gasteiger partial charge in [-0.2, -0.15) is 0 Å². The van der Waals surface area contributed by atoms with Crippen molar-refractivity contribution in [2.75, 3.05) is 26.7 Å². The number of piperazine rings is 1. The zero-order valence-corrected chi connectivity index (χ0v) is 12.1. The largest absolute Gasteiger partial charge is 0.481 e. The first-order chi connectivity index (χ1) is 9.72. The second kappa shape index (κ2) is 5.40. The van der Waals surface area contributed by atoms with Crippen molar-refractivity contribution < 1.29 is 9.53 Å². The summed E-state index contributed by atoms with van der Waals surface area (Å²) in [5.41, 5.74) is 0.657. The molecule has 0 saturated carbocycles. The van der Waals surface area contributed by atoms with Crippen LogP contribution in [0.1, 0.15) is 30.1 Å². The van der Waals surface area contributed by atoms with Gasteiger partial charge >= 0.3 is 0 Å². The highest BCUT2D eigenvalue weighted by atomic mass is 16.5. The van der Waals surface area contributed by atoms with Crippen LogP contribution in [0.2, 0.25) is 0 Å². The van der Waals surface area contributed by atoms with Crippen LogP contribution in [0.3, 0.4) is 0 Å². The summed E-state index contributed by atoms with van der Waals surface area (Å²) < 4.78 is 5.02. The first-order valence-electron chi connectivity index (χ1n) is 7.28. The van der Waals surface area contributed by atoms with Crippen molar-refractivity contribution >= 4 is 5.91 Å². The smallest absolute Gasteiger partial charge is 0.256 e. The fraction of sp³-hybridized carbons (Fsp3) is 0.600. The third-order valence-corrected chi connectivity index (χ3v) is 4.24. The molecule has 1 amide bonds. The fourth-order valence-corrected chi connectivity index (χ4v) is 3.30. The monoisotopic (exact) mass is 275 g/mol. The number of nitrogens with zero attached hydrogens (tertiary/aromatic N) is 3. The number of methoxy groups -OCH3 is 1. The molecule has 108 valence electrons. The Hall–Kier alpha value is -1.62. The molecule has 0 radical (unpaired) electrons. The van der Waals surface area contributed by atoms with E-state index >= 15 is 0 Å². The summed E-state index contributed by atoms with van der Waals surface area (Å²) in [4.78, 5) is 21.2. The molecular formula is C15H21N3O2.